The maximum Gasteiger partial charge on any atom is 0.326 e. The third-order valence-electron chi connectivity index (χ3n) is 1.57. The summed E-state index contributed by atoms with van der Waals surface area (Å²) in [5.74, 6) is -2.25. The molecule has 1 amide bonds. The number of aromatic nitrogens is 4. The largest absolute Gasteiger partial charge is 0.480 e. The van der Waals surface area contributed by atoms with Gasteiger partial charge < -0.3 is 15.5 Å². The van der Waals surface area contributed by atoms with E-state index in [9.17, 15) is 9.59 Å². The predicted octanol–water partition coefficient (Wildman–Crippen LogP) is -2.23. The highest BCUT2D eigenvalue weighted by atomic mass is 16.4. The molecule has 82 valence electrons. The fourth-order valence-electron chi connectivity index (χ4n) is 0.867. The van der Waals surface area contributed by atoms with Gasteiger partial charge in [-0.2, -0.15) is 5.21 Å². The number of aromatic amines is 1. The summed E-state index contributed by atoms with van der Waals surface area (Å²) in [5, 5.41) is 31.3. The lowest BCUT2D eigenvalue weighted by Gasteiger charge is -2.10. The molecule has 1 rings (SSSR count). The Labute approximate surface area is 83.5 Å². The van der Waals surface area contributed by atoms with Gasteiger partial charge in [0, 0.05) is 13.0 Å². The third kappa shape index (κ3) is 2.98. The van der Waals surface area contributed by atoms with Crippen LogP contribution in [0.5, 0.6) is 0 Å². The molecule has 0 fully saturated rings. The first-order valence-electron chi connectivity index (χ1n) is 4.03. The van der Waals surface area contributed by atoms with Gasteiger partial charge in [-0.05, 0) is 5.21 Å². The van der Waals surface area contributed by atoms with Crippen molar-refractivity contribution in [3.63, 3.8) is 0 Å². The molecule has 0 saturated carbocycles. The molecular formula is C6H9N5O4. The molecule has 0 aromatic carbocycles. The summed E-state index contributed by atoms with van der Waals surface area (Å²) < 4.78 is 0. The molecule has 0 saturated heterocycles. The van der Waals surface area contributed by atoms with E-state index in [2.05, 4.69) is 25.9 Å². The standard InChI is InChI=1S/C6H9N5O4/c12-2-1-3(6(14)15)7-5(13)4-8-10-11-9-4/h3,12H,1-2H2,(H,7,13)(H,14,15)(H,8,9,10,11). The average Bonchev–Trinajstić information content (AvgIpc) is 2.69. The van der Waals surface area contributed by atoms with Gasteiger partial charge >= 0.3 is 5.97 Å². The van der Waals surface area contributed by atoms with Crippen molar-refractivity contribution in [1.82, 2.24) is 25.9 Å². The molecule has 4 N–H and O–H groups in total. The molecule has 1 atom stereocenters. The zero-order valence-electron chi connectivity index (χ0n) is 7.54. The monoisotopic (exact) mass is 215 g/mol. The second-order valence-electron chi connectivity index (χ2n) is 2.61. The number of aliphatic hydroxyl groups is 1. The second-order valence-corrected chi connectivity index (χ2v) is 2.61. The number of carboxylic acids is 1. The number of nitrogens with one attached hydrogen (secondary N) is 2. The van der Waals surface area contributed by atoms with Gasteiger partial charge in [-0.1, -0.05) is 0 Å². The van der Waals surface area contributed by atoms with Crippen LogP contribution in [0.1, 0.15) is 17.0 Å². The zero-order valence-corrected chi connectivity index (χ0v) is 7.54. The van der Waals surface area contributed by atoms with E-state index < -0.39 is 17.9 Å². The number of hydrogen-bond donors (Lipinski definition) is 4. The summed E-state index contributed by atoms with van der Waals surface area (Å²) in [6, 6.07) is -1.17. The quantitative estimate of drug-likeness (QED) is 0.435. The van der Waals surface area contributed by atoms with Gasteiger partial charge in [0.15, 0.2) is 0 Å². The number of aliphatic carboxylic acids is 1. The average molecular weight is 215 g/mol. The Kier molecular flexibility index (Phi) is 3.68. The van der Waals surface area contributed by atoms with Crippen LogP contribution >= 0.6 is 0 Å². The SMILES string of the molecule is O=C(NC(CCO)C(=O)O)c1nn[nH]n1. The van der Waals surface area contributed by atoms with Crippen LogP contribution in [0.3, 0.4) is 0 Å². The van der Waals surface area contributed by atoms with Crippen LogP contribution < -0.4 is 5.32 Å². The number of tetrazole rings is 1. The lowest BCUT2D eigenvalue weighted by molar-refractivity contribution is -0.139. The normalized spacial score (nSPS) is 12.1. The first kappa shape index (κ1) is 11.0. The summed E-state index contributed by atoms with van der Waals surface area (Å²) in [6.45, 7) is -0.344. The van der Waals surface area contributed by atoms with Gasteiger partial charge in [0.1, 0.15) is 6.04 Å². The van der Waals surface area contributed by atoms with E-state index in [0.29, 0.717) is 0 Å². The Balaban J connectivity index is 2.59. The smallest absolute Gasteiger partial charge is 0.326 e. The Hall–Kier alpha value is -2.03. The van der Waals surface area contributed by atoms with Crippen molar-refractivity contribution in [2.75, 3.05) is 6.61 Å². The molecule has 1 aromatic rings. The van der Waals surface area contributed by atoms with Gasteiger partial charge in [-0.25, -0.2) is 4.79 Å². The number of hydrogen-bond acceptors (Lipinski definition) is 6. The van der Waals surface area contributed by atoms with Crippen molar-refractivity contribution >= 4 is 11.9 Å². The van der Waals surface area contributed by atoms with Crippen LogP contribution in [-0.2, 0) is 4.79 Å². The van der Waals surface area contributed by atoms with E-state index in [4.69, 9.17) is 10.2 Å². The van der Waals surface area contributed by atoms with E-state index >= 15 is 0 Å². The van der Waals surface area contributed by atoms with E-state index in [0.717, 1.165) is 0 Å². The predicted molar refractivity (Wildman–Crippen MR) is 44.8 cm³/mol. The third-order valence-corrected chi connectivity index (χ3v) is 1.57. The minimum Gasteiger partial charge on any atom is -0.480 e. The number of rotatable bonds is 5. The fraction of sp³-hybridized carbons (Fsp3) is 0.500. The minimum absolute atomic E-state index is 0.0844. The summed E-state index contributed by atoms with van der Waals surface area (Å²) in [6.07, 6.45) is -0.0844. The van der Waals surface area contributed by atoms with Crippen molar-refractivity contribution in [2.24, 2.45) is 0 Å². The lowest BCUT2D eigenvalue weighted by Crippen LogP contribution is -2.41. The van der Waals surface area contributed by atoms with Crippen molar-refractivity contribution < 1.29 is 19.8 Å². The number of aliphatic hydroxyl groups excluding tert-OH is 1. The summed E-state index contributed by atoms with van der Waals surface area (Å²) >= 11 is 0. The van der Waals surface area contributed by atoms with E-state index in [1.165, 1.54) is 0 Å². The Bertz CT molecular complexity index is 337. The molecule has 1 heterocycles. The molecule has 9 nitrogen and oxygen atoms in total. The maximum absolute atomic E-state index is 11.3. The molecular weight excluding hydrogens is 206 g/mol. The number of carbonyl (C=O) groups excluding carboxylic acids is 1. The van der Waals surface area contributed by atoms with Gasteiger partial charge in [0.05, 0.1) is 0 Å². The molecule has 0 radical (unpaired) electrons. The highest BCUT2D eigenvalue weighted by Crippen LogP contribution is 1.93. The molecule has 15 heavy (non-hydrogen) atoms. The van der Waals surface area contributed by atoms with Gasteiger partial charge in [0.25, 0.3) is 11.7 Å². The topological polar surface area (TPSA) is 141 Å². The number of carboxylic acid groups (broad SMARTS) is 1. The molecule has 1 unspecified atom stereocenters. The van der Waals surface area contributed by atoms with E-state index in [1.807, 2.05) is 0 Å². The Morgan fingerprint density at radius 2 is 2.27 bits per heavy atom. The number of amides is 1. The Morgan fingerprint density at radius 1 is 1.53 bits per heavy atom. The van der Waals surface area contributed by atoms with Crippen LogP contribution in [-0.4, -0.2) is 55.4 Å². The van der Waals surface area contributed by atoms with Crippen molar-refractivity contribution in [3.05, 3.63) is 5.82 Å². The van der Waals surface area contributed by atoms with Crippen LogP contribution in [0.25, 0.3) is 0 Å². The highest BCUT2D eigenvalue weighted by Gasteiger charge is 2.21. The lowest BCUT2D eigenvalue weighted by atomic mass is 10.2. The molecule has 0 bridgehead atoms. The first-order valence-corrected chi connectivity index (χ1v) is 4.03. The summed E-state index contributed by atoms with van der Waals surface area (Å²) in [5.41, 5.74) is 0. The molecule has 0 aliphatic heterocycles. The van der Waals surface area contributed by atoms with Crippen LogP contribution in [0.15, 0.2) is 0 Å². The fourth-order valence-corrected chi connectivity index (χ4v) is 0.867. The molecule has 1 aromatic heterocycles. The van der Waals surface area contributed by atoms with Gasteiger partial charge in [-0.3, -0.25) is 4.79 Å². The van der Waals surface area contributed by atoms with E-state index in [1.54, 1.807) is 0 Å². The first-order chi connectivity index (χ1) is 7.15. The van der Waals surface area contributed by atoms with Crippen LogP contribution in [0, 0.1) is 0 Å². The number of nitrogens with zero attached hydrogens (tertiary/aromatic N) is 3. The van der Waals surface area contributed by atoms with Crippen molar-refractivity contribution in [1.29, 1.82) is 0 Å². The van der Waals surface area contributed by atoms with E-state index in [-0.39, 0.29) is 18.9 Å². The number of H-pyrrole nitrogens is 1. The Morgan fingerprint density at radius 3 is 2.73 bits per heavy atom. The van der Waals surface area contributed by atoms with Gasteiger partial charge in [0.2, 0.25) is 0 Å². The van der Waals surface area contributed by atoms with Crippen LogP contribution in [0.4, 0.5) is 0 Å². The summed E-state index contributed by atoms with van der Waals surface area (Å²) in [4.78, 5) is 21.9. The highest BCUT2D eigenvalue weighted by molar-refractivity contribution is 5.93. The summed E-state index contributed by atoms with van der Waals surface area (Å²) in [7, 11) is 0. The minimum atomic E-state index is -1.24. The number of carbonyl (C=O) groups is 2. The molecule has 0 aliphatic rings. The van der Waals surface area contributed by atoms with Crippen LogP contribution in [0.2, 0.25) is 0 Å². The van der Waals surface area contributed by atoms with Gasteiger partial charge in [-0.15, -0.1) is 10.2 Å². The van der Waals surface area contributed by atoms with Crippen molar-refractivity contribution in [2.45, 2.75) is 12.5 Å². The maximum atomic E-state index is 11.3. The molecule has 9 heteroatoms. The second kappa shape index (κ2) is 5.00. The molecule has 0 spiro atoms. The zero-order chi connectivity index (χ0) is 11.3. The molecule has 0 aliphatic carbocycles. The van der Waals surface area contributed by atoms with Crippen molar-refractivity contribution in [3.8, 4) is 0 Å².